The SMILES string of the molecule is Cc1ccc2ccc[c]([Al][c]3ccccc3-c3ccccc3)c2n1. The monoisotopic (exact) mass is 322 g/mol. The van der Waals surface area contributed by atoms with E-state index in [2.05, 4.69) is 91.9 Å². The highest BCUT2D eigenvalue weighted by molar-refractivity contribution is 6.71. The van der Waals surface area contributed by atoms with E-state index in [1.807, 2.05) is 0 Å². The van der Waals surface area contributed by atoms with Crippen molar-refractivity contribution in [3.8, 4) is 11.1 Å². The van der Waals surface area contributed by atoms with E-state index in [1.54, 1.807) is 0 Å². The molecule has 0 bridgehead atoms. The molecule has 0 unspecified atom stereocenters. The van der Waals surface area contributed by atoms with E-state index in [4.69, 9.17) is 4.98 Å². The van der Waals surface area contributed by atoms with Gasteiger partial charge in [0.05, 0.1) is 5.52 Å². The zero-order chi connectivity index (χ0) is 16.4. The van der Waals surface area contributed by atoms with Crippen LogP contribution < -0.4 is 8.85 Å². The molecular formula is C22H17AlN. The zero-order valence-electron chi connectivity index (χ0n) is 13.6. The Morgan fingerprint density at radius 1 is 0.667 bits per heavy atom. The minimum Gasteiger partial charge on any atom is -0.254 e. The van der Waals surface area contributed by atoms with Crippen LogP contribution in [0.15, 0.2) is 84.9 Å². The van der Waals surface area contributed by atoms with Crippen molar-refractivity contribution in [1.82, 2.24) is 4.98 Å². The van der Waals surface area contributed by atoms with Crippen molar-refractivity contribution >= 4 is 35.0 Å². The molecule has 0 aliphatic carbocycles. The fourth-order valence-corrected chi connectivity index (χ4v) is 4.59. The molecular weight excluding hydrogens is 305 g/mol. The van der Waals surface area contributed by atoms with Gasteiger partial charge in [0.15, 0.2) is 0 Å². The van der Waals surface area contributed by atoms with Crippen molar-refractivity contribution in [2.24, 2.45) is 0 Å². The summed E-state index contributed by atoms with van der Waals surface area (Å²) in [6.45, 7) is 2.06. The minimum atomic E-state index is -0.00923. The molecule has 1 radical (unpaired) electrons. The van der Waals surface area contributed by atoms with Crippen molar-refractivity contribution in [3.63, 3.8) is 0 Å². The van der Waals surface area contributed by atoms with Crippen molar-refractivity contribution in [3.05, 3.63) is 90.6 Å². The second kappa shape index (κ2) is 6.61. The second-order valence-corrected chi connectivity index (χ2v) is 7.50. The fourth-order valence-electron chi connectivity index (χ4n) is 3.06. The van der Waals surface area contributed by atoms with Gasteiger partial charge in [-0.05, 0) is 29.5 Å². The second-order valence-electron chi connectivity index (χ2n) is 5.97. The van der Waals surface area contributed by atoms with Crippen LogP contribution in [0.1, 0.15) is 5.69 Å². The smallest absolute Gasteiger partial charge is 0.254 e. The summed E-state index contributed by atoms with van der Waals surface area (Å²) in [4.78, 5) is 4.80. The number of aromatic nitrogens is 1. The molecule has 0 fully saturated rings. The summed E-state index contributed by atoms with van der Waals surface area (Å²) in [6.07, 6.45) is 0. The zero-order valence-corrected chi connectivity index (χ0v) is 14.8. The highest BCUT2D eigenvalue weighted by Gasteiger charge is 2.10. The largest absolute Gasteiger partial charge is 0.303 e. The van der Waals surface area contributed by atoms with Crippen molar-refractivity contribution < 1.29 is 0 Å². The van der Waals surface area contributed by atoms with E-state index in [9.17, 15) is 0 Å². The molecule has 0 saturated heterocycles. The molecule has 0 atom stereocenters. The summed E-state index contributed by atoms with van der Waals surface area (Å²) >= 11 is -0.00923. The van der Waals surface area contributed by atoms with Gasteiger partial charge in [-0.1, -0.05) is 83.3 Å². The molecule has 0 amide bonds. The lowest BCUT2D eigenvalue weighted by atomic mass is 10.1. The molecule has 0 aliphatic heterocycles. The van der Waals surface area contributed by atoms with Gasteiger partial charge >= 0.3 is 15.2 Å². The molecule has 4 aromatic rings. The predicted octanol–water partition coefficient (Wildman–Crippen LogP) is 3.87. The summed E-state index contributed by atoms with van der Waals surface area (Å²) < 4.78 is 2.78. The average Bonchev–Trinajstić information content (AvgIpc) is 2.63. The van der Waals surface area contributed by atoms with Crippen LogP contribution in [-0.4, -0.2) is 20.2 Å². The number of hydrogen-bond acceptors (Lipinski definition) is 1. The fraction of sp³-hybridized carbons (Fsp3) is 0.0455. The Kier molecular flexibility index (Phi) is 4.17. The molecule has 113 valence electrons. The van der Waals surface area contributed by atoms with Gasteiger partial charge in [-0.2, -0.15) is 0 Å². The van der Waals surface area contributed by atoms with Crippen LogP contribution in [0.2, 0.25) is 0 Å². The standard InChI is InChI=1S/C12H9.C10H8N.Al/c1-3-7-11(8-4-1)12-9-5-2-6-10-12;1-8-6-7-9-4-2-3-5-10(9)11-8;/h1-9H;2-4,6-7H,1H3;. The van der Waals surface area contributed by atoms with Crippen LogP contribution in [0.5, 0.6) is 0 Å². The Labute approximate surface area is 148 Å². The molecule has 4 rings (SSSR count). The van der Waals surface area contributed by atoms with E-state index >= 15 is 0 Å². The molecule has 1 heterocycles. The van der Waals surface area contributed by atoms with Gasteiger partial charge in [0.2, 0.25) is 0 Å². The first-order chi connectivity index (χ1) is 11.8. The maximum Gasteiger partial charge on any atom is 0.303 e. The van der Waals surface area contributed by atoms with Crippen LogP contribution in [0.25, 0.3) is 22.0 Å². The van der Waals surface area contributed by atoms with Crippen molar-refractivity contribution in [2.75, 3.05) is 0 Å². The highest BCUT2D eigenvalue weighted by Crippen LogP contribution is 2.16. The number of aryl methyl sites for hydroxylation is 1. The molecule has 0 aliphatic rings. The van der Waals surface area contributed by atoms with Crippen LogP contribution >= 0.6 is 0 Å². The Morgan fingerprint density at radius 3 is 2.29 bits per heavy atom. The third-order valence-electron chi connectivity index (χ3n) is 4.25. The minimum absolute atomic E-state index is 0.00923. The Hall–Kier alpha value is -2.40. The number of nitrogens with zero attached hydrogens (tertiary/aromatic N) is 1. The molecule has 1 aromatic heterocycles. The van der Waals surface area contributed by atoms with Crippen molar-refractivity contribution in [2.45, 2.75) is 6.92 Å². The van der Waals surface area contributed by atoms with E-state index in [0.717, 1.165) is 11.2 Å². The third-order valence-corrected chi connectivity index (χ3v) is 5.84. The first-order valence-corrected chi connectivity index (χ1v) is 9.32. The summed E-state index contributed by atoms with van der Waals surface area (Å²) in [5.74, 6) is 0. The number of benzene rings is 3. The van der Waals surface area contributed by atoms with Crippen LogP contribution in [0.3, 0.4) is 0 Å². The number of hydrogen-bond donors (Lipinski definition) is 0. The van der Waals surface area contributed by atoms with Gasteiger partial charge in [-0.3, -0.25) is 4.98 Å². The van der Waals surface area contributed by atoms with Gasteiger partial charge in [0.1, 0.15) is 0 Å². The summed E-state index contributed by atoms with van der Waals surface area (Å²) in [7, 11) is 0. The molecule has 0 spiro atoms. The number of pyridine rings is 1. The van der Waals surface area contributed by atoms with Crippen LogP contribution in [-0.2, 0) is 0 Å². The Balaban J connectivity index is 1.81. The van der Waals surface area contributed by atoms with E-state index in [0.29, 0.717) is 0 Å². The van der Waals surface area contributed by atoms with Crippen LogP contribution in [0, 0.1) is 6.92 Å². The molecule has 3 aromatic carbocycles. The average molecular weight is 322 g/mol. The van der Waals surface area contributed by atoms with Crippen LogP contribution in [0.4, 0.5) is 0 Å². The van der Waals surface area contributed by atoms with E-state index in [-0.39, 0.29) is 15.2 Å². The first-order valence-electron chi connectivity index (χ1n) is 8.17. The lowest BCUT2D eigenvalue weighted by molar-refractivity contribution is 1.26. The maximum absolute atomic E-state index is 4.80. The summed E-state index contributed by atoms with van der Waals surface area (Å²) in [6, 6.07) is 30.1. The van der Waals surface area contributed by atoms with Gasteiger partial charge < -0.3 is 0 Å². The topological polar surface area (TPSA) is 12.9 Å². The lowest BCUT2D eigenvalue weighted by Gasteiger charge is -2.11. The molecule has 1 nitrogen and oxygen atoms in total. The summed E-state index contributed by atoms with van der Waals surface area (Å²) in [5, 5.41) is 1.22. The number of fused-ring (bicyclic) bond motifs is 1. The normalized spacial score (nSPS) is 10.7. The predicted molar refractivity (Wildman–Crippen MR) is 103 cm³/mol. The molecule has 0 N–H and O–H groups in total. The number of rotatable bonds is 3. The number of para-hydroxylation sites is 1. The van der Waals surface area contributed by atoms with Gasteiger partial charge in [0.25, 0.3) is 0 Å². The first kappa shape index (κ1) is 15.1. The van der Waals surface area contributed by atoms with Gasteiger partial charge in [-0.25, -0.2) is 0 Å². The molecule has 0 saturated carbocycles. The lowest BCUT2D eigenvalue weighted by Crippen LogP contribution is -2.29. The highest BCUT2D eigenvalue weighted by atomic mass is 27.1. The molecule has 24 heavy (non-hydrogen) atoms. The summed E-state index contributed by atoms with van der Waals surface area (Å²) in [5.41, 5.74) is 4.84. The van der Waals surface area contributed by atoms with Gasteiger partial charge in [0, 0.05) is 5.69 Å². The molecule has 2 heteroatoms. The third kappa shape index (κ3) is 2.99. The van der Waals surface area contributed by atoms with E-state index < -0.39 is 0 Å². The van der Waals surface area contributed by atoms with Gasteiger partial charge in [-0.15, -0.1) is 4.43 Å². The Morgan fingerprint density at radius 2 is 1.42 bits per heavy atom. The van der Waals surface area contributed by atoms with Crippen molar-refractivity contribution in [1.29, 1.82) is 0 Å². The maximum atomic E-state index is 4.80. The quantitative estimate of drug-likeness (QED) is 0.522. The van der Waals surface area contributed by atoms with E-state index in [1.165, 1.54) is 25.4 Å². The Bertz CT molecular complexity index is 993.